The first-order valence-corrected chi connectivity index (χ1v) is 9.41. The Balaban J connectivity index is 1.76. The second-order valence-electron chi connectivity index (χ2n) is 10.1. The third-order valence-electron chi connectivity index (χ3n) is 8.84. The van der Waals surface area contributed by atoms with Gasteiger partial charge in [0.2, 0.25) is 0 Å². The summed E-state index contributed by atoms with van der Waals surface area (Å²) in [7, 11) is 0. The van der Waals surface area contributed by atoms with E-state index in [1.165, 1.54) is 25.7 Å². The summed E-state index contributed by atoms with van der Waals surface area (Å²) in [6, 6.07) is 0. The van der Waals surface area contributed by atoms with Crippen LogP contribution in [-0.2, 0) is 4.79 Å². The molecule has 4 aliphatic rings. The molecule has 4 saturated carbocycles. The Morgan fingerprint density at radius 1 is 1.05 bits per heavy atom. The van der Waals surface area contributed by atoms with Crippen LogP contribution >= 0.6 is 0 Å². The van der Waals surface area contributed by atoms with Crippen LogP contribution in [0, 0.1) is 39.9 Å². The molecule has 4 rings (SSSR count). The summed E-state index contributed by atoms with van der Waals surface area (Å²) >= 11 is 0. The number of rotatable bonds is 0. The lowest BCUT2D eigenvalue weighted by Gasteiger charge is -2.64. The van der Waals surface area contributed by atoms with Crippen LogP contribution in [0.2, 0.25) is 0 Å². The Labute approximate surface area is 135 Å². The van der Waals surface area contributed by atoms with Crippen LogP contribution in [0.4, 0.5) is 0 Å². The van der Waals surface area contributed by atoms with Crippen molar-refractivity contribution >= 4 is 5.78 Å². The lowest BCUT2D eigenvalue weighted by Crippen LogP contribution is -2.59. The number of aliphatic hydroxyl groups excluding tert-OH is 1. The van der Waals surface area contributed by atoms with Crippen molar-refractivity contribution in [1.82, 2.24) is 0 Å². The molecule has 4 aliphatic carbocycles. The van der Waals surface area contributed by atoms with E-state index in [0.717, 1.165) is 19.3 Å². The van der Waals surface area contributed by atoms with Crippen LogP contribution in [0.25, 0.3) is 0 Å². The second-order valence-corrected chi connectivity index (χ2v) is 10.1. The largest absolute Gasteiger partial charge is 0.393 e. The standard InChI is InChI=1S/C20H32O2/c1-12-10-20-8-5-15-18(2,3)17(22)6-7-19(15,4)16(20)9-14(21)13(12)11-20/h12-13,15-17,22H,5-11H2,1-4H3/t12-,13-,15-,16-,17-,19-,20-/m1/s1. The molecule has 0 saturated heterocycles. The number of ketones is 1. The molecule has 0 heterocycles. The summed E-state index contributed by atoms with van der Waals surface area (Å²) in [5.41, 5.74) is 0.700. The van der Waals surface area contributed by atoms with Crippen molar-refractivity contribution in [3.05, 3.63) is 0 Å². The first-order valence-electron chi connectivity index (χ1n) is 9.41. The fourth-order valence-electron chi connectivity index (χ4n) is 7.73. The summed E-state index contributed by atoms with van der Waals surface area (Å²) in [5.74, 6) is 2.65. The molecule has 7 atom stereocenters. The fraction of sp³-hybridized carbons (Fsp3) is 0.950. The summed E-state index contributed by atoms with van der Waals surface area (Å²) in [4.78, 5) is 12.7. The highest BCUT2D eigenvalue weighted by Crippen LogP contribution is 2.71. The van der Waals surface area contributed by atoms with Gasteiger partial charge in [0.05, 0.1) is 6.10 Å². The predicted molar refractivity (Wildman–Crippen MR) is 87.3 cm³/mol. The smallest absolute Gasteiger partial charge is 0.136 e. The molecule has 2 nitrogen and oxygen atoms in total. The zero-order valence-corrected chi connectivity index (χ0v) is 14.7. The molecule has 0 unspecified atom stereocenters. The fourth-order valence-corrected chi connectivity index (χ4v) is 7.73. The van der Waals surface area contributed by atoms with Gasteiger partial charge in [0.15, 0.2) is 0 Å². The lowest BCUT2D eigenvalue weighted by molar-refractivity contribution is -0.182. The molecule has 124 valence electrons. The molecule has 2 bridgehead atoms. The minimum atomic E-state index is -0.172. The van der Waals surface area contributed by atoms with Gasteiger partial charge in [-0.1, -0.05) is 27.7 Å². The van der Waals surface area contributed by atoms with E-state index in [9.17, 15) is 9.90 Å². The summed E-state index contributed by atoms with van der Waals surface area (Å²) in [6.45, 7) is 9.31. The normalized spacial score (nSPS) is 56.4. The van der Waals surface area contributed by atoms with Crippen molar-refractivity contribution < 1.29 is 9.90 Å². The van der Waals surface area contributed by atoms with E-state index in [1.807, 2.05) is 0 Å². The Hall–Kier alpha value is -0.370. The molecular weight excluding hydrogens is 272 g/mol. The number of Topliss-reactive ketones (excluding diaryl/α,β-unsaturated/α-hetero) is 1. The van der Waals surface area contributed by atoms with Gasteiger partial charge in [0.1, 0.15) is 5.78 Å². The topological polar surface area (TPSA) is 37.3 Å². The third kappa shape index (κ3) is 1.68. The molecule has 2 heteroatoms. The van der Waals surface area contributed by atoms with Gasteiger partial charge < -0.3 is 5.11 Å². The third-order valence-corrected chi connectivity index (χ3v) is 8.84. The quantitative estimate of drug-likeness (QED) is 0.728. The van der Waals surface area contributed by atoms with Crippen molar-refractivity contribution in [2.45, 2.75) is 78.7 Å². The molecular formula is C20H32O2. The van der Waals surface area contributed by atoms with Crippen LogP contribution < -0.4 is 0 Å². The van der Waals surface area contributed by atoms with Gasteiger partial charge in [-0.2, -0.15) is 0 Å². The number of fused-ring (bicyclic) bond motifs is 3. The van der Waals surface area contributed by atoms with Crippen molar-refractivity contribution in [3.8, 4) is 0 Å². The number of hydrogen-bond acceptors (Lipinski definition) is 2. The highest BCUT2D eigenvalue weighted by molar-refractivity contribution is 5.83. The van der Waals surface area contributed by atoms with Gasteiger partial charge in [-0.25, -0.2) is 0 Å². The van der Waals surface area contributed by atoms with Crippen LogP contribution in [0.1, 0.15) is 72.6 Å². The highest BCUT2D eigenvalue weighted by atomic mass is 16.3. The summed E-state index contributed by atoms with van der Waals surface area (Å²) in [5, 5.41) is 10.5. The number of hydrogen-bond donors (Lipinski definition) is 1. The minimum absolute atomic E-state index is 0.00126. The van der Waals surface area contributed by atoms with Gasteiger partial charge in [-0.3, -0.25) is 4.79 Å². The second kappa shape index (κ2) is 4.37. The number of aliphatic hydroxyl groups is 1. The lowest BCUT2D eigenvalue weighted by atomic mass is 9.40. The molecule has 1 spiro atoms. The average Bonchev–Trinajstić information content (AvgIpc) is 2.72. The van der Waals surface area contributed by atoms with E-state index in [1.54, 1.807) is 0 Å². The van der Waals surface area contributed by atoms with Gasteiger partial charge in [-0.15, -0.1) is 0 Å². The number of carbonyl (C=O) groups is 1. The highest BCUT2D eigenvalue weighted by Gasteiger charge is 2.66. The zero-order valence-electron chi connectivity index (χ0n) is 14.7. The van der Waals surface area contributed by atoms with Gasteiger partial charge in [0.25, 0.3) is 0 Å². The van der Waals surface area contributed by atoms with E-state index in [2.05, 4.69) is 27.7 Å². The Kier molecular flexibility index (Phi) is 3.02. The molecule has 0 amide bonds. The zero-order chi connectivity index (χ0) is 15.9. The van der Waals surface area contributed by atoms with Crippen molar-refractivity contribution in [3.63, 3.8) is 0 Å². The molecule has 0 aromatic rings. The molecule has 0 aromatic heterocycles. The van der Waals surface area contributed by atoms with Gasteiger partial charge >= 0.3 is 0 Å². The Morgan fingerprint density at radius 2 is 1.77 bits per heavy atom. The van der Waals surface area contributed by atoms with E-state index in [4.69, 9.17) is 0 Å². The van der Waals surface area contributed by atoms with E-state index >= 15 is 0 Å². The molecule has 0 aliphatic heterocycles. The number of carbonyl (C=O) groups excluding carboxylic acids is 1. The van der Waals surface area contributed by atoms with E-state index < -0.39 is 0 Å². The summed E-state index contributed by atoms with van der Waals surface area (Å²) < 4.78 is 0. The van der Waals surface area contributed by atoms with Crippen molar-refractivity contribution in [1.29, 1.82) is 0 Å². The SMILES string of the molecule is C[C@@H]1C[C@@]23CC[C@@H]4C(C)(C)[C@H](O)CC[C@@]4(C)[C@H]2CC(=O)[C@@H]1C3. The van der Waals surface area contributed by atoms with E-state index in [-0.39, 0.29) is 16.9 Å². The maximum Gasteiger partial charge on any atom is 0.136 e. The predicted octanol–water partition coefficient (Wildman–Crippen LogP) is 4.21. The Morgan fingerprint density at radius 3 is 2.50 bits per heavy atom. The van der Waals surface area contributed by atoms with Crippen LogP contribution in [0.15, 0.2) is 0 Å². The van der Waals surface area contributed by atoms with Crippen molar-refractivity contribution in [2.24, 2.45) is 39.9 Å². The monoisotopic (exact) mass is 304 g/mol. The van der Waals surface area contributed by atoms with Gasteiger partial charge in [-0.05, 0) is 72.5 Å². The first-order chi connectivity index (χ1) is 10.2. The van der Waals surface area contributed by atoms with Gasteiger partial charge in [0, 0.05) is 12.3 Å². The Bertz CT molecular complexity index is 510. The van der Waals surface area contributed by atoms with Crippen LogP contribution in [0.3, 0.4) is 0 Å². The molecule has 0 radical (unpaired) electrons. The first kappa shape index (κ1) is 15.2. The molecule has 1 N–H and O–H groups in total. The van der Waals surface area contributed by atoms with E-state index in [0.29, 0.717) is 34.9 Å². The van der Waals surface area contributed by atoms with Crippen molar-refractivity contribution in [2.75, 3.05) is 0 Å². The molecule has 22 heavy (non-hydrogen) atoms. The maximum absolute atomic E-state index is 12.7. The minimum Gasteiger partial charge on any atom is -0.393 e. The van der Waals surface area contributed by atoms with Crippen LogP contribution in [0.5, 0.6) is 0 Å². The summed E-state index contributed by atoms with van der Waals surface area (Å²) in [6.07, 6.45) is 7.68. The molecule has 0 aromatic carbocycles. The van der Waals surface area contributed by atoms with Crippen LogP contribution in [-0.4, -0.2) is 17.0 Å². The molecule has 4 fully saturated rings. The maximum atomic E-state index is 12.7. The average molecular weight is 304 g/mol.